The summed E-state index contributed by atoms with van der Waals surface area (Å²) in [6.45, 7) is 3.05. The fraction of sp³-hybridized carbons (Fsp3) is 1.00. The van der Waals surface area contributed by atoms with E-state index in [0.717, 1.165) is 19.4 Å². The Morgan fingerprint density at radius 2 is 2.31 bits per heavy atom. The summed E-state index contributed by atoms with van der Waals surface area (Å²) < 4.78 is 30.3. The number of ether oxygens (including phenoxy) is 1. The molecule has 0 bridgehead atoms. The van der Waals surface area contributed by atoms with Crippen molar-refractivity contribution in [1.29, 1.82) is 0 Å². The van der Waals surface area contributed by atoms with Crippen LogP contribution in [0.4, 0.5) is 0 Å². The summed E-state index contributed by atoms with van der Waals surface area (Å²) in [4.78, 5) is 0. The molecule has 0 aromatic rings. The van der Waals surface area contributed by atoms with E-state index in [1.165, 1.54) is 0 Å². The van der Waals surface area contributed by atoms with Crippen molar-refractivity contribution in [1.82, 2.24) is 4.72 Å². The molecule has 1 heterocycles. The molecule has 0 aromatic heterocycles. The second-order valence-corrected chi connectivity index (χ2v) is 6.57. The Balaban J connectivity index is 2.60. The zero-order chi connectivity index (χ0) is 9.95. The van der Waals surface area contributed by atoms with E-state index in [9.17, 15) is 8.42 Å². The molecule has 78 valence electrons. The van der Waals surface area contributed by atoms with Gasteiger partial charge in [0.2, 0.25) is 10.0 Å². The predicted octanol–water partition coefficient (Wildman–Crippen LogP) is 0.827. The van der Waals surface area contributed by atoms with E-state index in [1.807, 2.05) is 6.92 Å². The minimum Gasteiger partial charge on any atom is -0.380 e. The SMILES string of the molecule is CC1(NS(=O)(=O)CBr)CCCOC1. The van der Waals surface area contributed by atoms with Gasteiger partial charge in [-0.3, -0.25) is 0 Å². The third-order valence-electron chi connectivity index (χ3n) is 1.98. The molecule has 0 aliphatic carbocycles. The smallest absolute Gasteiger partial charge is 0.222 e. The van der Waals surface area contributed by atoms with Crippen LogP contribution in [0.1, 0.15) is 19.8 Å². The molecular formula is C7H14BrNO3S. The summed E-state index contributed by atoms with van der Waals surface area (Å²) in [6.07, 6.45) is 1.74. The predicted molar refractivity (Wildman–Crippen MR) is 54.3 cm³/mol. The Kier molecular flexibility index (Phi) is 3.73. The Labute approximate surface area is 87.2 Å². The van der Waals surface area contributed by atoms with E-state index in [0.29, 0.717) is 6.61 Å². The van der Waals surface area contributed by atoms with Gasteiger partial charge >= 0.3 is 0 Å². The van der Waals surface area contributed by atoms with Gasteiger partial charge in [0.15, 0.2) is 0 Å². The van der Waals surface area contributed by atoms with Crippen molar-refractivity contribution in [2.24, 2.45) is 0 Å². The van der Waals surface area contributed by atoms with E-state index in [1.54, 1.807) is 0 Å². The second kappa shape index (κ2) is 4.25. The summed E-state index contributed by atoms with van der Waals surface area (Å²) >= 11 is 2.93. The Hall–Kier alpha value is 0.350. The van der Waals surface area contributed by atoms with Crippen molar-refractivity contribution >= 4 is 26.0 Å². The molecule has 0 aromatic carbocycles. The van der Waals surface area contributed by atoms with Gasteiger partial charge < -0.3 is 4.74 Å². The maximum Gasteiger partial charge on any atom is 0.222 e. The second-order valence-electron chi connectivity index (χ2n) is 3.54. The van der Waals surface area contributed by atoms with Gasteiger partial charge in [-0.05, 0) is 19.8 Å². The van der Waals surface area contributed by atoms with Gasteiger partial charge in [0.05, 0.1) is 12.1 Å². The van der Waals surface area contributed by atoms with Crippen molar-refractivity contribution in [3.8, 4) is 0 Å². The first-order chi connectivity index (χ1) is 5.97. The molecule has 1 rings (SSSR count). The van der Waals surface area contributed by atoms with E-state index in [-0.39, 0.29) is 4.66 Å². The summed E-state index contributed by atoms with van der Waals surface area (Å²) in [6, 6.07) is 0. The lowest BCUT2D eigenvalue weighted by Gasteiger charge is -2.33. The topological polar surface area (TPSA) is 55.4 Å². The highest BCUT2D eigenvalue weighted by atomic mass is 79.9. The molecule has 0 amide bonds. The van der Waals surface area contributed by atoms with Crippen LogP contribution in [-0.2, 0) is 14.8 Å². The number of hydrogen-bond donors (Lipinski definition) is 1. The Morgan fingerprint density at radius 3 is 2.77 bits per heavy atom. The first-order valence-corrected chi connectivity index (χ1v) is 6.90. The number of hydrogen-bond acceptors (Lipinski definition) is 3. The Morgan fingerprint density at radius 1 is 1.62 bits per heavy atom. The first kappa shape index (κ1) is 11.4. The monoisotopic (exact) mass is 271 g/mol. The molecule has 4 nitrogen and oxygen atoms in total. The van der Waals surface area contributed by atoms with E-state index >= 15 is 0 Å². The average molecular weight is 272 g/mol. The highest BCUT2D eigenvalue weighted by Crippen LogP contribution is 2.19. The lowest BCUT2D eigenvalue weighted by atomic mass is 9.97. The molecule has 1 saturated heterocycles. The summed E-state index contributed by atoms with van der Waals surface area (Å²) in [5.74, 6) is 0. The van der Waals surface area contributed by atoms with Gasteiger partial charge in [0.1, 0.15) is 4.66 Å². The minimum atomic E-state index is -3.19. The van der Waals surface area contributed by atoms with Crippen LogP contribution in [0.25, 0.3) is 0 Å². The first-order valence-electron chi connectivity index (χ1n) is 4.13. The third kappa shape index (κ3) is 3.53. The number of rotatable bonds is 3. The number of nitrogens with one attached hydrogen (secondary N) is 1. The Bertz CT molecular complexity index is 259. The zero-order valence-corrected chi connectivity index (χ0v) is 9.95. The quantitative estimate of drug-likeness (QED) is 0.774. The van der Waals surface area contributed by atoms with Crippen LogP contribution in [-0.4, -0.2) is 31.8 Å². The number of halogens is 1. The van der Waals surface area contributed by atoms with Crippen molar-refractivity contribution in [3.63, 3.8) is 0 Å². The standard InChI is InChI=1S/C7H14BrNO3S/c1-7(3-2-4-12-5-7)9-13(10,11)6-8/h9H,2-6H2,1H3. The highest BCUT2D eigenvalue weighted by Gasteiger charge is 2.31. The number of sulfonamides is 1. The molecule has 6 heteroatoms. The molecule has 1 fully saturated rings. The van der Waals surface area contributed by atoms with Crippen molar-refractivity contribution in [2.75, 3.05) is 17.9 Å². The van der Waals surface area contributed by atoms with Gasteiger partial charge in [-0.25, -0.2) is 13.1 Å². The number of alkyl halides is 1. The lowest BCUT2D eigenvalue weighted by molar-refractivity contribution is 0.0387. The van der Waals surface area contributed by atoms with Crippen LogP contribution in [0.5, 0.6) is 0 Å². The summed E-state index contributed by atoms with van der Waals surface area (Å²) in [5.41, 5.74) is -0.426. The largest absolute Gasteiger partial charge is 0.380 e. The van der Waals surface area contributed by atoms with Crippen LogP contribution in [0.2, 0.25) is 0 Å². The molecule has 0 radical (unpaired) electrons. The van der Waals surface area contributed by atoms with Crippen molar-refractivity contribution in [2.45, 2.75) is 25.3 Å². The van der Waals surface area contributed by atoms with Crippen molar-refractivity contribution in [3.05, 3.63) is 0 Å². The van der Waals surface area contributed by atoms with Crippen LogP contribution in [0.15, 0.2) is 0 Å². The zero-order valence-electron chi connectivity index (χ0n) is 7.55. The molecule has 0 saturated carbocycles. The molecular weight excluding hydrogens is 258 g/mol. The fourth-order valence-corrected chi connectivity index (χ4v) is 2.73. The van der Waals surface area contributed by atoms with Gasteiger partial charge in [0.25, 0.3) is 0 Å². The maximum atomic E-state index is 11.3. The van der Waals surface area contributed by atoms with Crippen LogP contribution in [0.3, 0.4) is 0 Å². The van der Waals surface area contributed by atoms with Gasteiger partial charge in [0, 0.05) is 6.61 Å². The van der Waals surface area contributed by atoms with Crippen LogP contribution in [0, 0.1) is 0 Å². The van der Waals surface area contributed by atoms with E-state index < -0.39 is 15.6 Å². The molecule has 1 aliphatic rings. The molecule has 1 aliphatic heterocycles. The molecule has 1 unspecified atom stereocenters. The normalized spacial score (nSPS) is 30.3. The van der Waals surface area contributed by atoms with Gasteiger partial charge in [-0.1, -0.05) is 15.9 Å². The molecule has 0 spiro atoms. The third-order valence-corrected chi connectivity index (χ3v) is 4.88. The molecule has 1 N–H and O–H groups in total. The van der Waals surface area contributed by atoms with Gasteiger partial charge in [-0.2, -0.15) is 0 Å². The lowest BCUT2D eigenvalue weighted by Crippen LogP contribution is -2.51. The summed E-state index contributed by atoms with van der Waals surface area (Å²) in [5, 5.41) is 0. The average Bonchev–Trinajstić information content (AvgIpc) is 2.04. The van der Waals surface area contributed by atoms with Gasteiger partial charge in [-0.15, -0.1) is 0 Å². The van der Waals surface area contributed by atoms with E-state index in [4.69, 9.17) is 4.74 Å². The minimum absolute atomic E-state index is 0.0599. The van der Waals surface area contributed by atoms with Crippen LogP contribution < -0.4 is 4.72 Å². The molecule has 13 heavy (non-hydrogen) atoms. The molecule has 1 atom stereocenters. The highest BCUT2D eigenvalue weighted by molar-refractivity contribution is 9.10. The van der Waals surface area contributed by atoms with E-state index in [2.05, 4.69) is 20.7 Å². The maximum absolute atomic E-state index is 11.3. The fourth-order valence-electron chi connectivity index (χ4n) is 1.42. The summed E-state index contributed by atoms with van der Waals surface area (Å²) in [7, 11) is -3.19. The van der Waals surface area contributed by atoms with Crippen molar-refractivity contribution < 1.29 is 13.2 Å². The van der Waals surface area contributed by atoms with Crippen LogP contribution >= 0.6 is 15.9 Å².